The number of carbonyl (C=O) groups is 1. The number of nitrogens with zero attached hydrogens (tertiary/aromatic N) is 4. The van der Waals surface area contributed by atoms with E-state index in [-0.39, 0.29) is 11.9 Å². The van der Waals surface area contributed by atoms with Crippen LogP contribution in [0.1, 0.15) is 46.9 Å². The van der Waals surface area contributed by atoms with Gasteiger partial charge in [-0.2, -0.15) is 0 Å². The van der Waals surface area contributed by atoms with E-state index < -0.39 is 6.10 Å². The smallest absolute Gasteiger partial charge is 0.258 e. The number of hydrogen-bond acceptors (Lipinski definition) is 5. The molecule has 0 aliphatic carbocycles. The van der Waals surface area contributed by atoms with Crippen LogP contribution >= 0.6 is 11.6 Å². The molecule has 1 aromatic heterocycles. The van der Waals surface area contributed by atoms with Gasteiger partial charge in [-0.3, -0.25) is 4.79 Å². The molecule has 38 heavy (non-hydrogen) atoms. The predicted octanol–water partition coefficient (Wildman–Crippen LogP) is 6.16. The highest BCUT2D eigenvalue weighted by atomic mass is 35.5. The molecule has 7 heteroatoms. The third kappa shape index (κ3) is 5.72. The topological polar surface area (TPSA) is 69.6 Å². The predicted molar refractivity (Wildman–Crippen MR) is 151 cm³/mol. The third-order valence-electron chi connectivity index (χ3n) is 7.02. The first kappa shape index (κ1) is 25.9. The number of amides is 1. The van der Waals surface area contributed by atoms with Crippen LogP contribution in [-0.4, -0.2) is 45.5 Å². The van der Waals surface area contributed by atoms with Crippen LogP contribution in [0.4, 0.5) is 5.95 Å². The molecule has 1 N–H and O–H groups in total. The van der Waals surface area contributed by atoms with Crippen LogP contribution in [-0.2, 0) is 6.54 Å². The summed E-state index contributed by atoms with van der Waals surface area (Å²) in [6.45, 7) is 1.15. The number of hydrogen-bond donors (Lipinski definition) is 1. The fourth-order valence-electron chi connectivity index (χ4n) is 5.07. The number of benzene rings is 3. The summed E-state index contributed by atoms with van der Waals surface area (Å²) in [5.41, 5.74) is 3.71. The summed E-state index contributed by atoms with van der Waals surface area (Å²) < 4.78 is 0. The lowest BCUT2D eigenvalue weighted by molar-refractivity contribution is 0.0212. The standard InChI is InChI=1S/C31H31ClN4O2/c1-35(21-22-11-10-16-25(32)19-22)31-33-20-26(28(34-31)23-12-4-2-5-13-23)30(38)36-18-9-8-17-27(36)29(37)24-14-6-3-7-15-24/h2-7,10-16,19-20,27,29,37H,8-9,17-18,21H2,1H3. The number of anilines is 1. The molecule has 6 nitrogen and oxygen atoms in total. The van der Waals surface area contributed by atoms with Gasteiger partial charge in [0.15, 0.2) is 0 Å². The second-order valence-electron chi connectivity index (χ2n) is 9.70. The minimum atomic E-state index is -0.760. The average molecular weight is 527 g/mol. The Morgan fingerprint density at radius 3 is 2.53 bits per heavy atom. The molecule has 5 rings (SSSR count). The quantitative estimate of drug-likeness (QED) is 0.312. The van der Waals surface area contributed by atoms with Crippen LogP contribution in [0.5, 0.6) is 0 Å². The highest BCUT2D eigenvalue weighted by Gasteiger charge is 2.34. The van der Waals surface area contributed by atoms with Gasteiger partial charge in [-0.1, -0.05) is 84.4 Å². The van der Waals surface area contributed by atoms with Gasteiger partial charge < -0.3 is 14.9 Å². The van der Waals surface area contributed by atoms with Gasteiger partial charge in [0.05, 0.1) is 23.4 Å². The van der Waals surface area contributed by atoms with E-state index in [0.29, 0.717) is 35.3 Å². The highest BCUT2D eigenvalue weighted by Crippen LogP contribution is 2.32. The molecule has 0 bridgehead atoms. The van der Waals surface area contributed by atoms with Gasteiger partial charge in [0.1, 0.15) is 0 Å². The molecule has 3 aromatic carbocycles. The number of aliphatic hydroxyl groups is 1. The van der Waals surface area contributed by atoms with Crippen molar-refractivity contribution in [1.29, 1.82) is 0 Å². The molecule has 2 heterocycles. The first-order valence-corrected chi connectivity index (χ1v) is 13.3. The minimum Gasteiger partial charge on any atom is -0.386 e. The van der Waals surface area contributed by atoms with Gasteiger partial charge in [-0.25, -0.2) is 9.97 Å². The number of aliphatic hydroxyl groups excluding tert-OH is 1. The summed E-state index contributed by atoms with van der Waals surface area (Å²) >= 11 is 6.17. The Morgan fingerprint density at radius 2 is 1.79 bits per heavy atom. The molecule has 0 spiro atoms. The van der Waals surface area contributed by atoms with Crippen LogP contribution in [0.25, 0.3) is 11.3 Å². The minimum absolute atomic E-state index is 0.160. The molecule has 1 aliphatic rings. The molecule has 194 valence electrons. The third-order valence-corrected chi connectivity index (χ3v) is 7.25. The first-order valence-electron chi connectivity index (χ1n) is 12.9. The van der Waals surface area contributed by atoms with Crippen LogP contribution in [0, 0.1) is 0 Å². The summed E-state index contributed by atoms with van der Waals surface area (Å²) in [4.78, 5) is 27.3. The molecule has 4 aromatic rings. The van der Waals surface area contributed by atoms with E-state index in [9.17, 15) is 9.90 Å². The Labute approximate surface area is 228 Å². The van der Waals surface area contributed by atoms with E-state index in [2.05, 4.69) is 4.98 Å². The summed E-state index contributed by atoms with van der Waals surface area (Å²) in [6.07, 6.45) is 3.47. The fraction of sp³-hybridized carbons (Fsp3) is 0.258. The van der Waals surface area contributed by atoms with Crippen molar-refractivity contribution in [2.75, 3.05) is 18.5 Å². The zero-order valence-corrected chi connectivity index (χ0v) is 22.1. The van der Waals surface area contributed by atoms with Crippen molar-refractivity contribution < 1.29 is 9.90 Å². The van der Waals surface area contributed by atoms with E-state index in [1.807, 2.05) is 102 Å². The Hall–Kier alpha value is -3.74. The van der Waals surface area contributed by atoms with Gasteiger partial charge in [0.2, 0.25) is 5.95 Å². The van der Waals surface area contributed by atoms with Crippen molar-refractivity contribution in [2.45, 2.75) is 38.0 Å². The van der Waals surface area contributed by atoms with Crippen molar-refractivity contribution >= 4 is 23.5 Å². The number of aromatic nitrogens is 2. The van der Waals surface area contributed by atoms with Crippen LogP contribution < -0.4 is 4.90 Å². The molecular formula is C31H31ClN4O2. The summed E-state index contributed by atoms with van der Waals surface area (Å²) in [5, 5.41) is 11.9. The average Bonchev–Trinajstić information content (AvgIpc) is 2.97. The van der Waals surface area contributed by atoms with Crippen LogP contribution in [0.3, 0.4) is 0 Å². The molecule has 1 saturated heterocycles. The fourth-order valence-corrected chi connectivity index (χ4v) is 5.29. The number of likely N-dealkylation sites (tertiary alicyclic amines) is 1. The van der Waals surface area contributed by atoms with Gasteiger partial charge in [0.25, 0.3) is 5.91 Å². The van der Waals surface area contributed by atoms with Gasteiger partial charge in [-0.05, 0) is 42.5 Å². The van der Waals surface area contributed by atoms with E-state index in [4.69, 9.17) is 16.6 Å². The van der Waals surface area contributed by atoms with Crippen molar-refractivity contribution in [3.8, 4) is 11.3 Å². The second-order valence-corrected chi connectivity index (χ2v) is 10.1. The first-order chi connectivity index (χ1) is 18.5. The number of carbonyl (C=O) groups excluding carboxylic acids is 1. The number of halogens is 1. The summed E-state index contributed by atoms with van der Waals surface area (Å²) in [5.74, 6) is 0.354. The Bertz CT molecular complexity index is 1380. The molecule has 2 atom stereocenters. The molecule has 1 aliphatic heterocycles. The molecule has 2 unspecified atom stereocenters. The molecule has 0 radical (unpaired) electrons. The van der Waals surface area contributed by atoms with E-state index in [1.54, 1.807) is 6.20 Å². The zero-order valence-electron chi connectivity index (χ0n) is 21.4. The Balaban J connectivity index is 1.48. The summed E-state index contributed by atoms with van der Waals surface area (Å²) in [7, 11) is 1.92. The van der Waals surface area contributed by atoms with Crippen LogP contribution in [0.2, 0.25) is 5.02 Å². The lowest BCUT2D eigenvalue weighted by Crippen LogP contribution is -2.47. The van der Waals surface area contributed by atoms with E-state index in [1.165, 1.54) is 0 Å². The van der Waals surface area contributed by atoms with E-state index >= 15 is 0 Å². The zero-order chi connectivity index (χ0) is 26.5. The molecule has 1 amide bonds. The maximum absolute atomic E-state index is 14.1. The molecule has 1 fully saturated rings. The number of rotatable bonds is 7. The van der Waals surface area contributed by atoms with Crippen molar-refractivity contribution in [2.24, 2.45) is 0 Å². The largest absolute Gasteiger partial charge is 0.386 e. The van der Waals surface area contributed by atoms with Crippen molar-refractivity contribution in [3.63, 3.8) is 0 Å². The number of piperidine rings is 1. The maximum atomic E-state index is 14.1. The van der Waals surface area contributed by atoms with Gasteiger partial charge in [-0.15, -0.1) is 0 Å². The van der Waals surface area contributed by atoms with Crippen LogP contribution in [0.15, 0.2) is 91.1 Å². The molecular weight excluding hydrogens is 496 g/mol. The van der Waals surface area contributed by atoms with Crippen molar-refractivity contribution in [3.05, 3.63) is 113 Å². The highest BCUT2D eigenvalue weighted by molar-refractivity contribution is 6.30. The SMILES string of the molecule is CN(Cc1cccc(Cl)c1)c1ncc(C(=O)N2CCCCC2C(O)c2ccccc2)c(-c2ccccc2)n1. The van der Waals surface area contributed by atoms with E-state index in [0.717, 1.165) is 36.0 Å². The molecule has 0 saturated carbocycles. The van der Waals surface area contributed by atoms with Gasteiger partial charge >= 0.3 is 0 Å². The lowest BCUT2D eigenvalue weighted by atomic mass is 9.92. The Morgan fingerprint density at radius 1 is 1.05 bits per heavy atom. The van der Waals surface area contributed by atoms with Gasteiger partial charge in [0, 0.05) is 36.9 Å². The van der Waals surface area contributed by atoms with Crippen molar-refractivity contribution in [1.82, 2.24) is 14.9 Å². The monoisotopic (exact) mass is 526 g/mol. The maximum Gasteiger partial charge on any atom is 0.258 e. The normalized spacial score (nSPS) is 16.2. The lowest BCUT2D eigenvalue weighted by Gasteiger charge is -2.39. The summed E-state index contributed by atoms with van der Waals surface area (Å²) in [6, 6.07) is 26.6. The second kappa shape index (κ2) is 11.8. The Kier molecular flexibility index (Phi) is 8.01.